The van der Waals surface area contributed by atoms with E-state index in [1.807, 2.05) is 13.0 Å². The molecule has 3 aromatic heterocycles. The molecule has 0 amide bonds. The van der Waals surface area contributed by atoms with E-state index in [2.05, 4.69) is 47.7 Å². The second kappa shape index (κ2) is 13.2. The normalized spacial score (nSPS) is 20.0. The van der Waals surface area contributed by atoms with Crippen LogP contribution in [-0.4, -0.2) is 82.9 Å². The summed E-state index contributed by atoms with van der Waals surface area (Å²) in [4.78, 5) is 11.3. The first-order valence-corrected chi connectivity index (χ1v) is 15.3. The zero-order valence-corrected chi connectivity index (χ0v) is 25.6. The van der Waals surface area contributed by atoms with Gasteiger partial charge in [-0.1, -0.05) is 24.6 Å². The second-order valence-corrected chi connectivity index (χ2v) is 12.2. The van der Waals surface area contributed by atoms with Gasteiger partial charge in [-0.25, -0.2) is 14.6 Å². The molecule has 2 aliphatic rings. The zero-order valence-electron chi connectivity index (χ0n) is 24.9. The van der Waals surface area contributed by atoms with Gasteiger partial charge in [-0.3, -0.25) is 9.58 Å². The Hall–Kier alpha value is -3.98. The lowest BCUT2D eigenvalue weighted by molar-refractivity contribution is -0.154. The first-order valence-electron chi connectivity index (χ1n) is 14.9. The summed E-state index contributed by atoms with van der Waals surface area (Å²) in [6.07, 6.45) is 5.46. The Bertz CT molecular complexity index is 1550. The summed E-state index contributed by atoms with van der Waals surface area (Å²) in [5.74, 6) is 1.26. The van der Waals surface area contributed by atoms with E-state index in [0.717, 1.165) is 50.3 Å². The van der Waals surface area contributed by atoms with Gasteiger partial charge in [0.05, 0.1) is 23.8 Å². The van der Waals surface area contributed by atoms with E-state index in [1.54, 1.807) is 40.1 Å². The summed E-state index contributed by atoms with van der Waals surface area (Å²) in [5.41, 5.74) is 1.72. The van der Waals surface area contributed by atoms with Crippen LogP contribution in [0.15, 0.2) is 43.1 Å². The summed E-state index contributed by atoms with van der Waals surface area (Å²) in [6, 6.07) is 5.95. The van der Waals surface area contributed by atoms with Crippen molar-refractivity contribution in [1.82, 2.24) is 44.9 Å². The topological polar surface area (TPSA) is 121 Å². The number of tetrazole rings is 1. The maximum atomic E-state index is 13.0. The summed E-state index contributed by atoms with van der Waals surface area (Å²) >= 11 is 6.38. The molecule has 2 fully saturated rings. The van der Waals surface area contributed by atoms with Gasteiger partial charge in [-0.15, -0.1) is 10.2 Å². The number of nitrogens with one attached hydrogen (secondary N) is 1. The van der Waals surface area contributed by atoms with Crippen molar-refractivity contribution in [3.05, 3.63) is 48.1 Å². The van der Waals surface area contributed by atoms with Crippen molar-refractivity contribution in [3.63, 3.8) is 0 Å². The number of hydrogen-bond donors (Lipinski definition) is 1. The number of alkyl halides is 3. The van der Waals surface area contributed by atoms with E-state index in [1.165, 1.54) is 6.33 Å². The second-order valence-electron chi connectivity index (χ2n) is 11.8. The molecule has 16 heteroatoms. The van der Waals surface area contributed by atoms with Crippen LogP contribution in [0.1, 0.15) is 45.6 Å². The molecule has 1 N–H and O–H groups in total. The predicted octanol–water partition coefficient (Wildman–Crippen LogP) is 5.57. The standard InChI is InChI=1S/C29H34ClF3N10O2/c1-18-12-41(13-18)22-4-6-23(7-5-22)43-15-25(27(38-43)44-16-29(31,32)33)37-28-34-10-21(11-35-28)20-3-8-24(30)26(9-20)45-19(2)14-42-17-36-39-40-42/h3,8-11,15,17-19,22-23H,4-7,12-14,16H2,1-2H3,(H,34,35,37)/t19?,22-,23-. The molecule has 4 heterocycles. The highest BCUT2D eigenvalue weighted by molar-refractivity contribution is 6.32. The molecule has 12 nitrogen and oxygen atoms in total. The van der Waals surface area contributed by atoms with Crippen molar-refractivity contribution in [2.75, 3.05) is 25.0 Å². The number of likely N-dealkylation sites (tertiary alicyclic amines) is 1. The summed E-state index contributed by atoms with van der Waals surface area (Å²) in [5, 5.41) is 18.9. The first-order chi connectivity index (χ1) is 21.6. The lowest BCUT2D eigenvalue weighted by Gasteiger charge is -2.45. The minimum absolute atomic E-state index is 0.0731. The lowest BCUT2D eigenvalue weighted by atomic mass is 9.87. The van der Waals surface area contributed by atoms with Gasteiger partial charge in [0.15, 0.2) is 6.61 Å². The van der Waals surface area contributed by atoms with Gasteiger partial charge < -0.3 is 14.8 Å². The van der Waals surface area contributed by atoms with Crippen LogP contribution in [0.2, 0.25) is 5.02 Å². The van der Waals surface area contributed by atoms with Gasteiger partial charge in [0, 0.05) is 37.1 Å². The monoisotopic (exact) mass is 646 g/mol. The molecule has 6 rings (SSSR count). The van der Waals surface area contributed by atoms with Crippen molar-refractivity contribution >= 4 is 23.2 Å². The average Bonchev–Trinajstić information content (AvgIpc) is 3.66. The first kappa shape index (κ1) is 31.0. The molecule has 4 aromatic rings. The fraction of sp³-hybridized carbons (Fsp3) is 0.517. The third kappa shape index (κ3) is 7.82. The third-order valence-electron chi connectivity index (χ3n) is 8.05. The maximum absolute atomic E-state index is 13.0. The Morgan fingerprint density at radius 2 is 1.80 bits per heavy atom. The fourth-order valence-corrected chi connectivity index (χ4v) is 6.02. The summed E-state index contributed by atoms with van der Waals surface area (Å²) in [6.45, 7) is 5.38. The molecule has 1 saturated carbocycles. The van der Waals surface area contributed by atoms with Crippen molar-refractivity contribution < 1.29 is 22.6 Å². The molecule has 1 saturated heterocycles. The molecule has 0 radical (unpaired) electrons. The Kier molecular flexibility index (Phi) is 9.08. The summed E-state index contributed by atoms with van der Waals surface area (Å²) in [7, 11) is 0. The van der Waals surface area contributed by atoms with E-state index in [9.17, 15) is 13.2 Å². The Labute approximate surface area is 262 Å². The van der Waals surface area contributed by atoms with Gasteiger partial charge in [0.25, 0.3) is 5.88 Å². The summed E-state index contributed by atoms with van der Waals surface area (Å²) < 4.78 is 53.5. The largest absolute Gasteiger partial charge is 0.487 e. The molecule has 45 heavy (non-hydrogen) atoms. The van der Waals surface area contributed by atoms with E-state index < -0.39 is 12.8 Å². The fourth-order valence-electron chi connectivity index (χ4n) is 5.85. The van der Waals surface area contributed by atoms with Gasteiger partial charge >= 0.3 is 6.18 Å². The van der Waals surface area contributed by atoms with Crippen LogP contribution in [0, 0.1) is 5.92 Å². The van der Waals surface area contributed by atoms with Crippen LogP contribution in [0.5, 0.6) is 11.6 Å². The van der Waals surface area contributed by atoms with Crippen LogP contribution >= 0.6 is 11.6 Å². The quantitative estimate of drug-likeness (QED) is 0.221. The molecule has 1 atom stereocenters. The predicted molar refractivity (Wildman–Crippen MR) is 159 cm³/mol. The number of halogens is 4. The maximum Gasteiger partial charge on any atom is 0.422 e. The van der Waals surface area contributed by atoms with Crippen molar-refractivity contribution in [3.8, 4) is 22.8 Å². The van der Waals surface area contributed by atoms with Crippen LogP contribution < -0.4 is 14.8 Å². The Morgan fingerprint density at radius 3 is 2.47 bits per heavy atom. The van der Waals surface area contributed by atoms with Gasteiger partial charge in [0.1, 0.15) is 23.9 Å². The number of ether oxygens (including phenoxy) is 2. The highest BCUT2D eigenvalue weighted by atomic mass is 35.5. The molecule has 240 valence electrons. The average molecular weight is 647 g/mol. The molecule has 1 aliphatic heterocycles. The number of aromatic nitrogens is 8. The van der Waals surface area contributed by atoms with Crippen molar-refractivity contribution in [2.45, 2.75) is 70.4 Å². The Morgan fingerprint density at radius 1 is 1.07 bits per heavy atom. The van der Waals surface area contributed by atoms with E-state index in [-0.39, 0.29) is 29.7 Å². The van der Waals surface area contributed by atoms with Crippen LogP contribution in [0.25, 0.3) is 11.1 Å². The van der Waals surface area contributed by atoms with Gasteiger partial charge in [0.2, 0.25) is 5.95 Å². The number of nitrogens with zero attached hydrogens (tertiary/aromatic N) is 9. The minimum Gasteiger partial charge on any atom is -0.487 e. The van der Waals surface area contributed by atoms with Crippen LogP contribution in [0.3, 0.4) is 0 Å². The smallest absolute Gasteiger partial charge is 0.422 e. The molecule has 1 aromatic carbocycles. The van der Waals surface area contributed by atoms with Crippen molar-refractivity contribution in [1.29, 1.82) is 0 Å². The lowest BCUT2D eigenvalue weighted by Crippen LogP contribution is -2.51. The van der Waals surface area contributed by atoms with Crippen LogP contribution in [0.4, 0.5) is 24.8 Å². The minimum atomic E-state index is -4.50. The number of rotatable bonds is 11. The molecular weight excluding hydrogens is 613 g/mol. The third-order valence-corrected chi connectivity index (χ3v) is 8.36. The van der Waals surface area contributed by atoms with Crippen molar-refractivity contribution in [2.24, 2.45) is 5.92 Å². The number of anilines is 2. The number of benzene rings is 1. The highest BCUT2D eigenvalue weighted by Crippen LogP contribution is 2.37. The van der Waals surface area contributed by atoms with Gasteiger partial charge in [-0.05, 0) is 66.6 Å². The molecule has 0 spiro atoms. The molecule has 1 aliphatic carbocycles. The molecule has 1 unspecified atom stereocenters. The SMILES string of the molecule is CC1CN([C@H]2CC[C@H](n3cc(Nc4ncc(-c5ccc(Cl)c(OC(C)Cn6cnnn6)c5)cn4)c(OCC(F)(F)F)n3)CC2)C1. The zero-order chi connectivity index (χ0) is 31.6. The van der Waals surface area contributed by atoms with Crippen LogP contribution in [-0.2, 0) is 6.54 Å². The molecule has 0 bridgehead atoms. The van der Waals surface area contributed by atoms with E-state index >= 15 is 0 Å². The Balaban J connectivity index is 1.13. The van der Waals surface area contributed by atoms with E-state index in [0.29, 0.717) is 28.9 Å². The highest BCUT2D eigenvalue weighted by Gasteiger charge is 2.34. The molecular formula is C29H34ClF3N10O2. The van der Waals surface area contributed by atoms with E-state index in [4.69, 9.17) is 21.1 Å². The number of hydrogen-bond acceptors (Lipinski definition) is 10. The van der Waals surface area contributed by atoms with Gasteiger partial charge in [-0.2, -0.15) is 13.2 Å².